The van der Waals surface area contributed by atoms with Crippen molar-refractivity contribution < 1.29 is 22.0 Å². The van der Waals surface area contributed by atoms with Gasteiger partial charge in [-0.3, -0.25) is 9.79 Å². The molecule has 8 heteroatoms. The third kappa shape index (κ3) is 3.15. The van der Waals surface area contributed by atoms with E-state index in [2.05, 4.69) is 4.99 Å². The van der Waals surface area contributed by atoms with Gasteiger partial charge < -0.3 is 0 Å². The van der Waals surface area contributed by atoms with Crippen molar-refractivity contribution in [2.24, 2.45) is 4.99 Å². The summed E-state index contributed by atoms with van der Waals surface area (Å²) in [6, 6.07) is 8.78. The maximum absolute atomic E-state index is 13.6. The van der Waals surface area contributed by atoms with Gasteiger partial charge >= 0.3 is 0 Å². The average Bonchev–Trinajstić information content (AvgIpc) is 3.08. The van der Waals surface area contributed by atoms with Crippen molar-refractivity contribution in [1.29, 1.82) is 0 Å². The number of benzene rings is 2. The molecule has 1 aliphatic heterocycles. The van der Waals surface area contributed by atoms with Crippen LogP contribution in [0.25, 0.3) is 0 Å². The Labute approximate surface area is 149 Å². The van der Waals surface area contributed by atoms with Gasteiger partial charge in [-0.15, -0.1) is 0 Å². The average molecular weight is 376 g/mol. The van der Waals surface area contributed by atoms with Crippen LogP contribution in [0, 0.1) is 18.6 Å². The van der Waals surface area contributed by atoms with Crippen molar-refractivity contribution in [3.05, 3.63) is 77.4 Å². The predicted octanol–water partition coefficient (Wildman–Crippen LogP) is 2.61. The fourth-order valence-electron chi connectivity index (χ4n) is 2.53. The van der Waals surface area contributed by atoms with Gasteiger partial charge in [0.15, 0.2) is 17.2 Å². The number of halogens is 2. The number of nitrogens with zero attached hydrogens (tertiary/aromatic N) is 1. The van der Waals surface area contributed by atoms with Crippen LogP contribution in [-0.2, 0) is 20.4 Å². The van der Waals surface area contributed by atoms with Crippen molar-refractivity contribution in [2.45, 2.75) is 17.4 Å². The third-order valence-corrected chi connectivity index (χ3v) is 5.31. The van der Waals surface area contributed by atoms with Gasteiger partial charge in [-0.25, -0.2) is 21.9 Å². The van der Waals surface area contributed by atoms with Crippen molar-refractivity contribution >= 4 is 22.1 Å². The van der Waals surface area contributed by atoms with Gasteiger partial charge in [0.05, 0.1) is 4.90 Å². The highest BCUT2D eigenvalue weighted by atomic mass is 32.2. The van der Waals surface area contributed by atoms with E-state index in [4.69, 9.17) is 0 Å². The van der Waals surface area contributed by atoms with Crippen LogP contribution in [0.2, 0.25) is 0 Å². The van der Waals surface area contributed by atoms with E-state index in [1.165, 1.54) is 36.6 Å². The van der Waals surface area contributed by atoms with Crippen LogP contribution in [0.5, 0.6) is 0 Å². The summed E-state index contributed by atoms with van der Waals surface area (Å²) in [6.45, 7) is 1.80. The number of rotatable bonds is 4. The minimum Gasteiger partial charge on any atom is -0.270 e. The molecule has 134 valence electrons. The summed E-state index contributed by atoms with van der Waals surface area (Å²) in [6.07, 6.45) is 4.04. The highest BCUT2D eigenvalue weighted by molar-refractivity contribution is 7.90. The summed E-state index contributed by atoms with van der Waals surface area (Å²) < 4.78 is 53.7. The number of aliphatic imine (C=N–C) groups is 1. The van der Waals surface area contributed by atoms with E-state index in [-0.39, 0.29) is 10.5 Å². The standard InChI is InChI=1S/C18H14F2N2O3S/c1-12-3-6-14(7-4-12)26(24,25)22-17(23)18(9-2-10-21-18)13-5-8-15(19)16(20)11-13/h2-11H,1H3,(H,22,23). The predicted molar refractivity (Wildman–Crippen MR) is 92.2 cm³/mol. The first-order valence-corrected chi connectivity index (χ1v) is 9.05. The number of carbonyl (C=O) groups is 1. The van der Waals surface area contributed by atoms with Crippen LogP contribution < -0.4 is 4.72 Å². The number of hydrogen-bond donors (Lipinski definition) is 1. The molecule has 1 unspecified atom stereocenters. The fraction of sp³-hybridized carbons (Fsp3) is 0.111. The molecule has 26 heavy (non-hydrogen) atoms. The third-order valence-electron chi connectivity index (χ3n) is 3.97. The zero-order chi connectivity index (χ0) is 18.9. The molecule has 0 fully saturated rings. The summed E-state index contributed by atoms with van der Waals surface area (Å²) in [5.41, 5.74) is -0.915. The first-order chi connectivity index (χ1) is 12.2. The Morgan fingerprint density at radius 2 is 1.77 bits per heavy atom. The lowest BCUT2D eigenvalue weighted by molar-refractivity contribution is -0.123. The zero-order valence-electron chi connectivity index (χ0n) is 13.6. The lowest BCUT2D eigenvalue weighted by Crippen LogP contribution is -2.44. The van der Waals surface area contributed by atoms with Gasteiger partial charge in [0.2, 0.25) is 0 Å². The van der Waals surface area contributed by atoms with Crippen LogP contribution in [0.3, 0.4) is 0 Å². The van der Waals surface area contributed by atoms with Crippen LogP contribution in [0.4, 0.5) is 8.78 Å². The molecule has 1 aliphatic rings. The molecule has 2 aromatic carbocycles. The second-order valence-electron chi connectivity index (χ2n) is 5.78. The molecule has 1 N–H and O–H groups in total. The number of hydrogen-bond acceptors (Lipinski definition) is 4. The van der Waals surface area contributed by atoms with Crippen molar-refractivity contribution in [3.63, 3.8) is 0 Å². The lowest BCUT2D eigenvalue weighted by atomic mass is 9.90. The molecule has 1 heterocycles. The molecular formula is C18H14F2N2O3S. The van der Waals surface area contributed by atoms with Gasteiger partial charge in [-0.1, -0.05) is 23.8 Å². The largest absolute Gasteiger partial charge is 0.270 e. The Kier molecular flexibility index (Phi) is 4.45. The molecule has 2 aromatic rings. The van der Waals surface area contributed by atoms with Crippen LogP contribution in [0.15, 0.2) is 64.5 Å². The number of allylic oxidation sites excluding steroid dienone is 1. The Morgan fingerprint density at radius 3 is 2.35 bits per heavy atom. The normalized spacial score (nSPS) is 18.9. The topological polar surface area (TPSA) is 75.6 Å². The smallest absolute Gasteiger partial charge is 0.270 e. The summed E-state index contributed by atoms with van der Waals surface area (Å²) in [7, 11) is -4.15. The Balaban J connectivity index is 1.98. The molecule has 5 nitrogen and oxygen atoms in total. The number of aryl methyl sites for hydroxylation is 1. The van der Waals surface area contributed by atoms with E-state index >= 15 is 0 Å². The second kappa shape index (κ2) is 6.45. The summed E-state index contributed by atoms with van der Waals surface area (Å²) in [5.74, 6) is -3.23. The Bertz CT molecular complexity index is 1020. The molecule has 0 saturated carbocycles. The molecule has 1 atom stereocenters. The van der Waals surface area contributed by atoms with E-state index in [9.17, 15) is 22.0 Å². The molecule has 0 spiro atoms. The first kappa shape index (κ1) is 17.9. The Morgan fingerprint density at radius 1 is 1.08 bits per heavy atom. The summed E-state index contributed by atoms with van der Waals surface area (Å²) in [5, 5.41) is 0. The summed E-state index contributed by atoms with van der Waals surface area (Å²) in [4.78, 5) is 16.7. The molecule has 3 rings (SSSR count). The SMILES string of the molecule is Cc1ccc(S(=O)(=O)NC(=O)C2(c3ccc(F)c(F)c3)C=CC=N2)cc1. The van der Waals surface area contributed by atoms with E-state index < -0.39 is 33.1 Å². The zero-order valence-corrected chi connectivity index (χ0v) is 14.4. The van der Waals surface area contributed by atoms with Gasteiger partial charge in [-0.05, 0) is 48.9 Å². The van der Waals surface area contributed by atoms with Gasteiger partial charge in [-0.2, -0.15) is 0 Å². The number of carbonyl (C=O) groups excluding carboxylic acids is 1. The van der Waals surface area contributed by atoms with Gasteiger partial charge in [0.25, 0.3) is 15.9 Å². The van der Waals surface area contributed by atoms with Crippen LogP contribution >= 0.6 is 0 Å². The lowest BCUT2D eigenvalue weighted by Gasteiger charge is -2.23. The molecule has 0 radical (unpaired) electrons. The highest BCUT2D eigenvalue weighted by Gasteiger charge is 2.41. The van der Waals surface area contributed by atoms with E-state index in [0.29, 0.717) is 0 Å². The van der Waals surface area contributed by atoms with E-state index in [1.807, 2.05) is 4.72 Å². The maximum atomic E-state index is 13.6. The van der Waals surface area contributed by atoms with Crippen molar-refractivity contribution in [3.8, 4) is 0 Å². The highest BCUT2D eigenvalue weighted by Crippen LogP contribution is 2.32. The minimum absolute atomic E-state index is 0.0120. The quantitative estimate of drug-likeness (QED) is 0.891. The molecule has 0 aromatic heterocycles. The van der Waals surface area contributed by atoms with E-state index in [1.54, 1.807) is 19.1 Å². The molecule has 0 bridgehead atoms. The van der Waals surface area contributed by atoms with Gasteiger partial charge in [0, 0.05) is 6.21 Å². The number of sulfonamides is 1. The monoisotopic (exact) mass is 376 g/mol. The molecule has 1 amide bonds. The van der Waals surface area contributed by atoms with Gasteiger partial charge in [0.1, 0.15) is 0 Å². The number of nitrogens with one attached hydrogen (secondary N) is 1. The molecule has 0 aliphatic carbocycles. The number of amides is 1. The van der Waals surface area contributed by atoms with E-state index in [0.717, 1.165) is 17.7 Å². The Hall–Kier alpha value is -2.87. The molecular weight excluding hydrogens is 362 g/mol. The fourth-order valence-corrected chi connectivity index (χ4v) is 3.54. The van der Waals surface area contributed by atoms with Crippen LogP contribution in [-0.4, -0.2) is 20.5 Å². The minimum atomic E-state index is -4.15. The second-order valence-corrected chi connectivity index (χ2v) is 7.46. The first-order valence-electron chi connectivity index (χ1n) is 7.57. The van der Waals surface area contributed by atoms with Crippen molar-refractivity contribution in [2.75, 3.05) is 0 Å². The maximum Gasteiger partial charge on any atom is 0.270 e. The molecule has 0 saturated heterocycles. The van der Waals surface area contributed by atoms with Crippen LogP contribution in [0.1, 0.15) is 11.1 Å². The van der Waals surface area contributed by atoms with Crippen molar-refractivity contribution in [1.82, 2.24) is 4.72 Å². The summed E-state index contributed by atoms with van der Waals surface area (Å²) >= 11 is 0.